The summed E-state index contributed by atoms with van der Waals surface area (Å²) >= 11 is 0. The van der Waals surface area contributed by atoms with E-state index in [-0.39, 0.29) is 18.1 Å². The molecule has 0 bridgehead atoms. The lowest BCUT2D eigenvalue weighted by atomic mass is 10.2. The minimum Gasteiger partial charge on any atom is -0.361 e. The van der Waals surface area contributed by atoms with Crippen LogP contribution in [0, 0.1) is 0 Å². The van der Waals surface area contributed by atoms with Gasteiger partial charge in [0.1, 0.15) is 11.5 Å². The molecule has 72 valence electrons. The molecular formula is C7H10N2O3S. The first-order valence-corrected chi connectivity index (χ1v) is 5.81. The second-order valence-corrected chi connectivity index (χ2v) is 5.26. The lowest BCUT2D eigenvalue weighted by molar-refractivity contribution is 0.379. The number of aryl methyl sites for hydroxylation is 1. The zero-order valence-corrected chi connectivity index (χ0v) is 7.80. The fraction of sp³-hybridized carbons (Fsp3) is 0.571. The summed E-state index contributed by atoms with van der Waals surface area (Å²) in [6.45, 7) is 0.231. The number of aromatic nitrogens is 1. The van der Waals surface area contributed by atoms with Gasteiger partial charge in [-0.25, -0.2) is 8.42 Å². The molecule has 1 aromatic rings. The number of fused-ring (bicyclic) bond motifs is 1. The molecule has 0 radical (unpaired) electrons. The maximum Gasteiger partial charge on any atom is 0.155 e. The molecule has 0 aromatic carbocycles. The Morgan fingerprint density at radius 3 is 3.00 bits per heavy atom. The van der Waals surface area contributed by atoms with Crippen LogP contribution in [0.25, 0.3) is 0 Å². The number of hydrogen-bond donors (Lipinski definition) is 1. The van der Waals surface area contributed by atoms with Gasteiger partial charge in [-0.2, -0.15) is 0 Å². The van der Waals surface area contributed by atoms with E-state index < -0.39 is 9.84 Å². The summed E-state index contributed by atoms with van der Waals surface area (Å²) in [7, 11) is -2.95. The fourth-order valence-electron chi connectivity index (χ4n) is 1.44. The third-order valence-corrected chi connectivity index (χ3v) is 3.70. The molecule has 2 N–H and O–H groups in total. The molecule has 1 aliphatic heterocycles. The SMILES string of the molecule is NCc1noc2c1CS(=O)(=O)CC2. The highest BCUT2D eigenvalue weighted by atomic mass is 32.2. The van der Waals surface area contributed by atoms with E-state index in [4.69, 9.17) is 10.3 Å². The topological polar surface area (TPSA) is 86.2 Å². The van der Waals surface area contributed by atoms with Gasteiger partial charge in [-0.15, -0.1) is 0 Å². The summed E-state index contributed by atoms with van der Waals surface area (Å²) in [6.07, 6.45) is 0.421. The molecule has 0 unspecified atom stereocenters. The van der Waals surface area contributed by atoms with Crippen LogP contribution in [0.1, 0.15) is 17.0 Å². The monoisotopic (exact) mass is 202 g/mol. The Bertz CT molecular complexity index is 407. The van der Waals surface area contributed by atoms with Crippen LogP contribution in [0.2, 0.25) is 0 Å². The van der Waals surface area contributed by atoms with Crippen LogP contribution in [-0.4, -0.2) is 19.3 Å². The molecule has 0 saturated carbocycles. The number of sulfone groups is 1. The van der Waals surface area contributed by atoms with Crippen LogP contribution in [-0.2, 0) is 28.6 Å². The molecule has 0 amide bonds. The number of rotatable bonds is 1. The Morgan fingerprint density at radius 1 is 1.54 bits per heavy atom. The molecule has 0 aliphatic carbocycles. The summed E-state index contributed by atoms with van der Waals surface area (Å²) in [6, 6.07) is 0. The Hall–Kier alpha value is -0.880. The van der Waals surface area contributed by atoms with Gasteiger partial charge in [0.25, 0.3) is 0 Å². The van der Waals surface area contributed by atoms with E-state index in [1.807, 2.05) is 0 Å². The largest absolute Gasteiger partial charge is 0.361 e. The van der Waals surface area contributed by atoms with E-state index >= 15 is 0 Å². The minimum atomic E-state index is -2.95. The van der Waals surface area contributed by atoms with E-state index in [1.54, 1.807) is 0 Å². The van der Waals surface area contributed by atoms with Crippen molar-refractivity contribution in [1.82, 2.24) is 5.16 Å². The average Bonchev–Trinajstić information content (AvgIpc) is 2.44. The molecule has 0 spiro atoms. The van der Waals surface area contributed by atoms with Crippen molar-refractivity contribution in [2.45, 2.75) is 18.7 Å². The summed E-state index contributed by atoms with van der Waals surface area (Å²) in [4.78, 5) is 0. The predicted octanol–water partition coefficient (Wildman–Crippen LogP) is -0.396. The van der Waals surface area contributed by atoms with Crippen molar-refractivity contribution in [2.24, 2.45) is 5.73 Å². The predicted molar refractivity (Wildman–Crippen MR) is 45.6 cm³/mol. The van der Waals surface area contributed by atoms with Gasteiger partial charge in [0.05, 0.1) is 11.5 Å². The number of nitrogens with zero attached hydrogens (tertiary/aromatic N) is 1. The van der Waals surface area contributed by atoms with Crippen molar-refractivity contribution in [1.29, 1.82) is 0 Å². The van der Waals surface area contributed by atoms with Crippen LogP contribution in [0.15, 0.2) is 4.52 Å². The second-order valence-electron chi connectivity index (χ2n) is 3.08. The zero-order valence-electron chi connectivity index (χ0n) is 6.99. The van der Waals surface area contributed by atoms with E-state index in [0.717, 1.165) is 0 Å². The van der Waals surface area contributed by atoms with Crippen LogP contribution in [0.4, 0.5) is 0 Å². The van der Waals surface area contributed by atoms with E-state index in [9.17, 15) is 8.42 Å². The summed E-state index contributed by atoms with van der Waals surface area (Å²) in [5.74, 6) is 0.854. The van der Waals surface area contributed by atoms with Gasteiger partial charge in [0.2, 0.25) is 0 Å². The maximum absolute atomic E-state index is 11.3. The first-order chi connectivity index (χ1) is 6.12. The van der Waals surface area contributed by atoms with Gasteiger partial charge >= 0.3 is 0 Å². The molecule has 2 rings (SSSR count). The molecule has 6 heteroatoms. The van der Waals surface area contributed by atoms with Crippen molar-refractivity contribution >= 4 is 9.84 Å². The van der Waals surface area contributed by atoms with Crippen molar-refractivity contribution in [3.05, 3.63) is 17.0 Å². The highest BCUT2D eigenvalue weighted by Gasteiger charge is 2.27. The van der Waals surface area contributed by atoms with Crippen molar-refractivity contribution in [3.8, 4) is 0 Å². The minimum absolute atomic E-state index is 0.0262. The highest BCUT2D eigenvalue weighted by Crippen LogP contribution is 2.23. The third kappa shape index (κ3) is 1.47. The van der Waals surface area contributed by atoms with Crippen molar-refractivity contribution in [3.63, 3.8) is 0 Å². The van der Waals surface area contributed by atoms with Gasteiger partial charge in [0, 0.05) is 18.5 Å². The molecule has 1 aromatic heterocycles. The van der Waals surface area contributed by atoms with Gasteiger partial charge in [0.15, 0.2) is 9.84 Å². The van der Waals surface area contributed by atoms with Gasteiger partial charge < -0.3 is 10.3 Å². The first kappa shape index (κ1) is 8.71. The van der Waals surface area contributed by atoms with Crippen LogP contribution in [0.5, 0.6) is 0 Å². The Balaban J connectivity index is 2.47. The van der Waals surface area contributed by atoms with Crippen molar-refractivity contribution in [2.75, 3.05) is 5.75 Å². The molecule has 13 heavy (non-hydrogen) atoms. The van der Waals surface area contributed by atoms with Crippen LogP contribution in [0.3, 0.4) is 0 Å². The summed E-state index contributed by atoms with van der Waals surface area (Å²) in [5.41, 5.74) is 6.63. The van der Waals surface area contributed by atoms with E-state index in [0.29, 0.717) is 23.4 Å². The lowest BCUT2D eigenvalue weighted by Crippen LogP contribution is -2.19. The standard InChI is InChI=1S/C7H10N2O3S/c8-3-6-5-4-13(10,11)2-1-7(5)12-9-6/h1-4,8H2. The Kier molecular flexibility index (Phi) is 1.88. The summed E-state index contributed by atoms with van der Waals surface area (Å²) < 4.78 is 27.5. The average molecular weight is 202 g/mol. The molecule has 2 heterocycles. The molecule has 5 nitrogen and oxygen atoms in total. The Morgan fingerprint density at radius 2 is 2.31 bits per heavy atom. The normalized spacial score (nSPS) is 19.8. The fourth-order valence-corrected chi connectivity index (χ4v) is 2.85. The first-order valence-electron chi connectivity index (χ1n) is 3.99. The zero-order chi connectivity index (χ0) is 9.47. The number of nitrogens with two attached hydrogens (primary N) is 1. The second kappa shape index (κ2) is 2.81. The molecule has 0 saturated heterocycles. The lowest BCUT2D eigenvalue weighted by Gasteiger charge is -2.09. The van der Waals surface area contributed by atoms with Crippen LogP contribution < -0.4 is 5.73 Å². The van der Waals surface area contributed by atoms with Gasteiger partial charge in [-0.05, 0) is 0 Å². The smallest absolute Gasteiger partial charge is 0.155 e. The van der Waals surface area contributed by atoms with E-state index in [2.05, 4.69) is 5.16 Å². The van der Waals surface area contributed by atoms with Gasteiger partial charge in [-0.1, -0.05) is 5.16 Å². The van der Waals surface area contributed by atoms with E-state index in [1.165, 1.54) is 0 Å². The quantitative estimate of drug-likeness (QED) is 0.670. The Labute approximate surface area is 75.8 Å². The number of hydrogen-bond acceptors (Lipinski definition) is 5. The maximum atomic E-state index is 11.3. The molecule has 0 fully saturated rings. The molecule has 0 atom stereocenters. The van der Waals surface area contributed by atoms with Gasteiger partial charge in [-0.3, -0.25) is 0 Å². The van der Waals surface area contributed by atoms with Crippen molar-refractivity contribution < 1.29 is 12.9 Å². The summed E-state index contributed by atoms with van der Waals surface area (Å²) in [5, 5.41) is 3.72. The third-order valence-electron chi connectivity index (χ3n) is 2.15. The molecule has 1 aliphatic rings. The van der Waals surface area contributed by atoms with Crippen LogP contribution >= 0.6 is 0 Å². The molecular weight excluding hydrogens is 192 g/mol. The highest BCUT2D eigenvalue weighted by molar-refractivity contribution is 7.90.